The molecule has 1 unspecified atom stereocenters. The van der Waals surface area contributed by atoms with E-state index in [-0.39, 0.29) is 37.1 Å². The van der Waals surface area contributed by atoms with Crippen LogP contribution >= 0.6 is 0 Å². The number of ether oxygens (including phenoxy) is 2. The van der Waals surface area contributed by atoms with E-state index in [2.05, 4.69) is 35.0 Å². The highest BCUT2D eigenvalue weighted by Gasteiger charge is 2.23. The van der Waals surface area contributed by atoms with Crippen LogP contribution in [0.4, 0.5) is 0 Å². The second-order valence-corrected chi connectivity index (χ2v) is 14.3. The maximum absolute atomic E-state index is 12.5. The van der Waals surface area contributed by atoms with Crippen molar-refractivity contribution in [2.75, 3.05) is 34.3 Å². The maximum Gasteiger partial charge on any atom is 0.306 e. The van der Waals surface area contributed by atoms with E-state index in [1.807, 2.05) is 0 Å². The standard InChI is InChI=1S/C38H76NO4.ClH/c1-6-8-10-12-14-16-18-20-22-24-26-28-30-32-37(40)42-35-36(34-39(3,4)5)43-38(41)33-31-29-27-25-23-21-19-17-15-13-11-9-7-2;/h36H,6-35H2,1-5H3;1H/q+1;/p-1. The predicted molar refractivity (Wildman–Crippen MR) is 184 cm³/mol. The number of rotatable bonds is 33. The van der Waals surface area contributed by atoms with E-state index in [4.69, 9.17) is 9.47 Å². The molecule has 44 heavy (non-hydrogen) atoms. The third-order valence-corrected chi connectivity index (χ3v) is 8.45. The first kappa shape index (κ1) is 45.3. The zero-order valence-corrected chi connectivity index (χ0v) is 31.0. The van der Waals surface area contributed by atoms with E-state index in [0.717, 1.165) is 25.7 Å². The molecule has 0 aromatic heterocycles. The summed E-state index contributed by atoms with van der Waals surface area (Å²) in [6.07, 6.45) is 34.1. The van der Waals surface area contributed by atoms with Crippen LogP contribution < -0.4 is 12.4 Å². The van der Waals surface area contributed by atoms with Crippen molar-refractivity contribution >= 4 is 11.9 Å². The van der Waals surface area contributed by atoms with Crippen LogP contribution in [0.5, 0.6) is 0 Å². The van der Waals surface area contributed by atoms with Crippen molar-refractivity contribution < 1.29 is 36.0 Å². The van der Waals surface area contributed by atoms with E-state index in [1.165, 1.54) is 141 Å². The normalized spacial score (nSPS) is 12.1. The van der Waals surface area contributed by atoms with E-state index in [9.17, 15) is 9.59 Å². The summed E-state index contributed by atoms with van der Waals surface area (Å²) in [5.41, 5.74) is 0. The Labute approximate surface area is 281 Å². The second kappa shape index (κ2) is 33.6. The van der Waals surface area contributed by atoms with Gasteiger partial charge in [0.2, 0.25) is 0 Å². The number of hydrogen-bond acceptors (Lipinski definition) is 4. The number of carbonyl (C=O) groups excluding carboxylic acids is 2. The van der Waals surface area contributed by atoms with Gasteiger partial charge in [0, 0.05) is 12.8 Å². The average molecular weight is 646 g/mol. The molecule has 0 saturated heterocycles. The van der Waals surface area contributed by atoms with Crippen molar-refractivity contribution in [3.8, 4) is 0 Å². The average Bonchev–Trinajstić information content (AvgIpc) is 2.96. The molecule has 0 aliphatic heterocycles. The highest BCUT2D eigenvalue weighted by molar-refractivity contribution is 5.70. The quantitative estimate of drug-likeness (QED) is 0.0411. The summed E-state index contributed by atoms with van der Waals surface area (Å²) in [6.45, 7) is 5.34. The molecule has 0 radical (unpaired) electrons. The first-order valence-corrected chi connectivity index (χ1v) is 18.9. The van der Waals surface area contributed by atoms with E-state index >= 15 is 0 Å². The number of unbranched alkanes of at least 4 members (excludes halogenated alkanes) is 24. The third kappa shape index (κ3) is 35.7. The molecule has 6 heteroatoms. The highest BCUT2D eigenvalue weighted by Crippen LogP contribution is 2.15. The Hall–Kier alpha value is -0.810. The first-order chi connectivity index (χ1) is 20.8. The van der Waals surface area contributed by atoms with Crippen LogP contribution in [0, 0.1) is 0 Å². The molecule has 0 N–H and O–H groups in total. The van der Waals surface area contributed by atoms with Gasteiger partial charge < -0.3 is 26.4 Å². The molecule has 0 spiro atoms. The topological polar surface area (TPSA) is 52.6 Å². The monoisotopic (exact) mass is 646 g/mol. The van der Waals surface area contributed by atoms with Crippen LogP contribution in [0.25, 0.3) is 0 Å². The Morgan fingerprint density at radius 3 is 1.09 bits per heavy atom. The van der Waals surface area contributed by atoms with Crippen molar-refractivity contribution in [1.82, 2.24) is 0 Å². The van der Waals surface area contributed by atoms with Crippen molar-refractivity contribution in [2.45, 2.75) is 200 Å². The molecule has 0 aliphatic rings. The van der Waals surface area contributed by atoms with Crippen LogP contribution in [0.2, 0.25) is 0 Å². The molecule has 1 atom stereocenters. The fourth-order valence-electron chi connectivity index (χ4n) is 5.81. The summed E-state index contributed by atoms with van der Waals surface area (Å²) >= 11 is 0. The zero-order valence-electron chi connectivity index (χ0n) is 30.2. The van der Waals surface area contributed by atoms with Crippen molar-refractivity contribution in [3.05, 3.63) is 0 Å². The van der Waals surface area contributed by atoms with Crippen molar-refractivity contribution in [1.29, 1.82) is 0 Å². The largest absolute Gasteiger partial charge is 1.00 e. The van der Waals surface area contributed by atoms with Crippen LogP contribution in [0.15, 0.2) is 0 Å². The fourth-order valence-corrected chi connectivity index (χ4v) is 5.81. The van der Waals surface area contributed by atoms with Gasteiger partial charge in [-0.25, -0.2) is 0 Å². The minimum Gasteiger partial charge on any atom is -1.00 e. The van der Waals surface area contributed by atoms with Gasteiger partial charge in [-0.3, -0.25) is 9.59 Å². The molecule has 264 valence electrons. The zero-order chi connectivity index (χ0) is 31.9. The number of nitrogens with zero attached hydrogens (tertiary/aromatic N) is 1. The number of hydrogen-bond donors (Lipinski definition) is 0. The Morgan fingerprint density at radius 2 is 0.773 bits per heavy atom. The van der Waals surface area contributed by atoms with E-state index in [0.29, 0.717) is 23.9 Å². The van der Waals surface area contributed by atoms with Gasteiger partial charge in [-0.15, -0.1) is 0 Å². The molecular formula is C38H76ClNO4. The molecule has 0 aliphatic carbocycles. The molecule has 0 rings (SSSR count). The lowest BCUT2D eigenvalue weighted by Crippen LogP contribution is -3.00. The molecule has 5 nitrogen and oxygen atoms in total. The SMILES string of the molecule is CCCCCCCCCCCCCCCC(=O)OCC(C[N+](C)(C)C)OC(=O)CCCCCCCCCCCCCCC.[Cl-]. The minimum absolute atomic E-state index is 0. The second-order valence-electron chi connectivity index (χ2n) is 14.3. The number of likely N-dealkylation sites (N-methyl/N-ethyl adjacent to an activating group) is 1. The Bertz CT molecular complexity index is 622. The minimum atomic E-state index is -0.384. The van der Waals surface area contributed by atoms with Gasteiger partial charge in [0.15, 0.2) is 6.10 Å². The number of quaternary nitrogens is 1. The number of carbonyl (C=O) groups is 2. The first-order valence-electron chi connectivity index (χ1n) is 18.9. The molecule has 0 fully saturated rings. The summed E-state index contributed by atoms with van der Waals surface area (Å²) in [7, 11) is 6.22. The number of esters is 2. The molecule has 0 aromatic rings. The Kier molecular flexibility index (Phi) is 34.6. The molecule has 0 amide bonds. The molecule has 0 heterocycles. The van der Waals surface area contributed by atoms with Crippen LogP contribution in [0.1, 0.15) is 194 Å². The molecule has 0 bridgehead atoms. The number of halogens is 1. The molecular weight excluding hydrogens is 570 g/mol. The van der Waals surface area contributed by atoms with Gasteiger partial charge in [0.1, 0.15) is 13.2 Å². The fraction of sp³-hybridized carbons (Fsp3) is 0.947. The van der Waals surface area contributed by atoms with Gasteiger partial charge in [0.05, 0.1) is 21.1 Å². The smallest absolute Gasteiger partial charge is 0.306 e. The molecule has 0 saturated carbocycles. The highest BCUT2D eigenvalue weighted by atomic mass is 35.5. The molecule has 0 aromatic carbocycles. The summed E-state index contributed by atoms with van der Waals surface area (Å²) in [5.74, 6) is -0.323. The van der Waals surface area contributed by atoms with Gasteiger partial charge in [-0.2, -0.15) is 0 Å². The van der Waals surface area contributed by atoms with Crippen molar-refractivity contribution in [3.63, 3.8) is 0 Å². The maximum atomic E-state index is 12.5. The summed E-state index contributed by atoms with van der Waals surface area (Å²) in [5, 5.41) is 0. The van der Waals surface area contributed by atoms with E-state index < -0.39 is 0 Å². The predicted octanol–water partition coefficient (Wildman–Crippen LogP) is 8.11. The van der Waals surface area contributed by atoms with Gasteiger partial charge in [-0.1, -0.05) is 168 Å². The third-order valence-electron chi connectivity index (χ3n) is 8.45. The van der Waals surface area contributed by atoms with Gasteiger partial charge in [-0.05, 0) is 12.8 Å². The van der Waals surface area contributed by atoms with Crippen molar-refractivity contribution in [2.24, 2.45) is 0 Å². The van der Waals surface area contributed by atoms with E-state index in [1.54, 1.807) is 0 Å². The van der Waals surface area contributed by atoms with Gasteiger partial charge >= 0.3 is 11.9 Å². The lowest BCUT2D eigenvalue weighted by molar-refractivity contribution is -0.873. The summed E-state index contributed by atoms with van der Waals surface area (Å²) < 4.78 is 12.0. The Balaban J connectivity index is 0. The van der Waals surface area contributed by atoms with Crippen LogP contribution in [0.3, 0.4) is 0 Å². The van der Waals surface area contributed by atoms with Crippen LogP contribution in [-0.4, -0.2) is 56.8 Å². The lowest BCUT2D eigenvalue weighted by Gasteiger charge is -2.28. The van der Waals surface area contributed by atoms with Crippen LogP contribution in [-0.2, 0) is 19.1 Å². The lowest BCUT2D eigenvalue weighted by atomic mass is 10.0. The van der Waals surface area contributed by atoms with Gasteiger partial charge in [0.25, 0.3) is 0 Å². The Morgan fingerprint density at radius 1 is 0.477 bits per heavy atom. The summed E-state index contributed by atoms with van der Waals surface area (Å²) in [6, 6.07) is 0. The summed E-state index contributed by atoms with van der Waals surface area (Å²) in [4.78, 5) is 24.9.